The van der Waals surface area contributed by atoms with Gasteiger partial charge in [0.25, 0.3) is 0 Å². The molecule has 1 saturated heterocycles. The molecule has 0 atom stereocenters. The number of piperidine rings is 1. The maximum atomic E-state index is 13.0. The molecular weight excluding hydrogens is 492 g/mol. The molecule has 2 aliphatic rings. The van der Waals surface area contributed by atoms with Gasteiger partial charge in [0.15, 0.2) is 0 Å². The number of hydrogen-bond donors (Lipinski definition) is 1. The van der Waals surface area contributed by atoms with Crippen LogP contribution in [-0.4, -0.2) is 78.2 Å². The number of carbonyl (C=O) groups excluding carboxylic acids is 1. The highest BCUT2D eigenvalue weighted by Crippen LogP contribution is 2.39. The predicted octanol–water partition coefficient (Wildman–Crippen LogP) is 4.87. The van der Waals surface area contributed by atoms with Crippen LogP contribution in [0.3, 0.4) is 0 Å². The number of amides is 1. The zero-order chi connectivity index (χ0) is 27.2. The van der Waals surface area contributed by atoms with Gasteiger partial charge in [0.2, 0.25) is 5.91 Å². The molecule has 1 aromatic carbocycles. The Kier molecular flexibility index (Phi) is 9.17. The SMILES string of the molecule is C=C/C=C(\C=NC)c1nn(-c2ccc(CC(=O)N3CCC(N(C)C)CC3)cc2)c2c1CCC(N=CC)=C2S. The van der Waals surface area contributed by atoms with Crippen LogP contribution < -0.4 is 0 Å². The summed E-state index contributed by atoms with van der Waals surface area (Å²) in [5.41, 5.74) is 6.71. The first-order chi connectivity index (χ1) is 18.4. The van der Waals surface area contributed by atoms with Crippen molar-refractivity contribution < 1.29 is 4.79 Å². The molecule has 1 aliphatic carbocycles. The van der Waals surface area contributed by atoms with E-state index < -0.39 is 0 Å². The summed E-state index contributed by atoms with van der Waals surface area (Å²) in [6, 6.07) is 8.67. The van der Waals surface area contributed by atoms with Crippen LogP contribution in [0.25, 0.3) is 16.2 Å². The smallest absolute Gasteiger partial charge is 0.226 e. The number of nitrogens with zero attached hydrogens (tertiary/aromatic N) is 6. The van der Waals surface area contributed by atoms with Gasteiger partial charge in [-0.15, -0.1) is 12.6 Å². The van der Waals surface area contributed by atoms with Crippen LogP contribution in [0, 0.1) is 0 Å². The van der Waals surface area contributed by atoms with E-state index in [1.54, 1.807) is 19.3 Å². The lowest BCUT2D eigenvalue weighted by atomic mass is 9.96. The van der Waals surface area contributed by atoms with Gasteiger partial charge in [0.05, 0.1) is 34.1 Å². The molecule has 0 spiro atoms. The van der Waals surface area contributed by atoms with Gasteiger partial charge < -0.3 is 9.80 Å². The van der Waals surface area contributed by atoms with E-state index in [-0.39, 0.29) is 5.91 Å². The van der Waals surface area contributed by atoms with Crippen LogP contribution in [0.4, 0.5) is 0 Å². The van der Waals surface area contributed by atoms with Crippen molar-refractivity contribution in [1.82, 2.24) is 19.6 Å². The third-order valence-corrected chi connectivity index (χ3v) is 7.77. The molecular formula is C30H38N6OS. The molecule has 38 heavy (non-hydrogen) atoms. The number of rotatable bonds is 8. The van der Waals surface area contributed by atoms with Gasteiger partial charge in [-0.2, -0.15) is 5.10 Å². The number of hydrogen-bond acceptors (Lipinski definition) is 6. The summed E-state index contributed by atoms with van der Waals surface area (Å²) in [7, 11) is 5.98. The standard InChI is InChI=1S/C30H38N6OS/c1-6-8-22(20-31-3)28-25-13-14-26(32-7-2)30(38)29(25)36(33-28)24-11-9-21(10-12-24)19-27(37)35-17-15-23(16-18-35)34(4)5/h6-12,20,23,38H,1,13-19H2,2-5H3/b22-8+,31-20?,32-7?. The van der Waals surface area contributed by atoms with Crippen molar-refractivity contribution in [2.75, 3.05) is 34.2 Å². The molecule has 1 aliphatic heterocycles. The fourth-order valence-corrected chi connectivity index (χ4v) is 5.65. The van der Waals surface area contributed by atoms with Gasteiger partial charge in [-0.1, -0.05) is 30.9 Å². The maximum absolute atomic E-state index is 13.0. The van der Waals surface area contributed by atoms with E-state index in [9.17, 15) is 4.79 Å². The average Bonchev–Trinajstić information content (AvgIpc) is 3.31. The Bertz CT molecular complexity index is 1290. The molecule has 2 aromatic rings. The van der Waals surface area contributed by atoms with Gasteiger partial charge in [-0.3, -0.25) is 14.8 Å². The molecule has 0 saturated carbocycles. The van der Waals surface area contributed by atoms with E-state index in [2.05, 4.69) is 35.6 Å². The molecule has 200 valence electrons. The first-order valence-corrected chi connectivity index (χ1v) is 13.6. The van der Waals surface area contributed by atoms with Gasteiger partial charge in [-0.05, 0) is 64.4 Å². The van der Waals surface area contributed by atoms with Crippen LogP contribution >= 0.6 is 12.6 Å². The van der Waals surface area contributed by atoms with Crippen molar-refractivity contribution in [3.63, 3.8) is 0 Å². The van der Waals surface area contributed by atoms with E-state index in [0.29, 0.717) is 12.5 Å². The maximum Gasteiger partial charge on any atom is 0.226 e. The minimum Gasteiger partial charge on any atom is -0.342 e. The highest BCUT2D eigenvalue weighted by atomic mass is 32.1. The molecule has 1 amide bonds. The van der Waals surface area contributed by atoms with Crippen LogP contribution in [0.2, 0.25) is 0 Å². The Morgan fingerprint density at radius 2 is 1.92 bits per heavy atom. The average molecular weight is 531 g/mol. The molecule has 2 heterocycles. The monoisotopic (exact) mass is 530 g/mol. The minimum absolute atomic E-state index is 0.189. The summed E-state index contributed by atoms with van der Waals surface area (Å²) in [4.78, 5) is 26.9. The molecule has 1 aromatic heterocycles. The molecule has 7 nitrogen and oxygen atoms in total. The molecule has 4 rings (SSSR count). The first-order valence-electron chi connectivity index (χ1n) is 13.2. The molecule has 1 fully saturated rings. The Balaban J connectivity index is 1.63. The van der Waals surface area contributed by atoms with Crippen LogP contribution in [0.1, 0.15) is 48.7 Å². The lowest BCUT2D eigenvalue weighted by Gasteiger charge is -2.35. The van der Waals surface area contributed by atoms with Crippen molar-refractivity contribution in [2.45, 2.75) is 45.1 Å². The molecule has 0 radical (unpaired) electrons. The van der Waals surface area contributed by atoms with Crippen molar-refractivity contribution in [2.24, 2.45) is 9.98 Å². The third-order valence-electron chi connectivity index (χ3n) is 7.30. The summed E-state index contributed by atoms with van der Waals surface area (Å²) < 4.78 is 1.94. The van der Waals surface area contributed by atoms with Gasteiger partial charge in [0.1, 0.15) is 0 Å². The number of allylic oxidation sites excluding steroid dienone is 4. The van der Waals surface area contributed by atoms with Crippen molar-refractivity contribution >= 4 is 41.4 Å². The number of likely N-dealkylation sites (tertiary alicyclic amines) is 1. The second-order valence-electron chi connectivity index (χ2n) is 9.93. The fourth-order valence-electron chi connectivity index (χ4n) is 5.25. The summed E-state index contributed by atoms with van der Waals surface area (Å²) in [6.45, 7) is 7.43. The van der Waals surface area contributed by atoms with E-state index >= 15 is 0 Å². The molecule has 8 heteroatoms. The first kappa shape index (κ1) is 27.8. The Morgan fingerprint density at radius 1 is 1.21 bits per heavy atom. The van der Waals surface area contributed by atoms with Crippen LogP contribution in [0.5, 0.6) is 0 Å². The highest BCUT2D eigenvalue weighted by molar-refractivity contribution is 7.90. The second-order valence-corrected chi connectivity index (χ2v) is 10.4. The number of benzene rings is 1. The number of fused-ring (bicyclic) bond motifs is 1. The highest BCUT2D eigenvalue weighted by Gasteiger charge is 2.28. The zero-order valence-electron chi connectivity index (χ0n) is 22.9. The Labute approximate surface area is 231 Å². The summed E-state index contributed by atoms with van der Waals surface area (Å²) in [6.07, 6.45) is 11.4. The lowest BCUT2D eigenvalue weighted by Crippen LogP contribution is -2.44. The largest absolute Gasteiger partial charge is 0.342 e. The van der Waals surface area contributed by atoms with E-state index in [0.717, 1.165) is 83.2 Å². The number of thiol groups is 1. The Hall–Kier alpha value is -3.23. The third kappa shape index (κ3) is 5.92. The molecule has 0 N–H and O–H groups in total. The second kappa shape index (κ2) is 12.5. The molecule has 0 unspecified atom stereocenters. The summed E-state index contributed by atoms with van der Waals surface area (Å²) in [5.74, 6) is 0.189. The normalized spacial score (nSPS) is 17.2. The van der Waals surface area contributed by atoms with Crippen molar-refractivity contribution in [1.29, 1.82) is 0 Å². The van der Waals surface area contributed by atoms with E-state index in [1.807, 2.05) is 53.1 Å². The number of aromatic nitrogens is 2. The topological polar surface area (TPSA) is 66.1 Å². The fraction of sp³-hybridized carbons (Fsp3) is 0.400. The summed E-state index contributed by atoms with van der Waals surface area (Å²) in [5, 5.41) is 5.03. The van der Waals surface area contributed by atoms with Crippen LogP contribution in [-0.2, 0) is 17.6 Å². The number of aliphatic imine (C=N–C) groups is 2. The van der Waals surface area contributed by atoms with E-state index in [4.69, 9.17) is 17.7 Å². The van der Waals surface area contributed by atoms with Crippen LogP contribution in [0.15, 0.2) is 58.7 Å². The van der Waals surface area contributed by atoms with Gasteiger partial charge >= 0.3 is 0 Å². The van der Waals surface area contributed by atoms with Crippen molar-refractivity contribution in [3.8, 4) is 5.69 Å². The number of carbonyl (C=O) groups is 1. The van der Waals surface area contributed by atoms with E-state index in [1.165, 1.54) is 0 Å². The quantitative estimate of drug-likeness (QED) is 0.301. The molecule has 0 bridgehead atoms. The van der Waals surface area contributed by atoms with Crippen molar-refractivity contribution in [3.05, 3.63) is 71.2 Å². The summed E-state index contributed by atoms with van der Waals surface area (Å²) >= 11 is 4.90. The lowest BCUT2D eigenvalue weighted by molar-refractivity contribution is -0.131. The Morgan fingerprint density at radius 3 is 2.53 bits per heavy atom. The zero-order valence-corrected chi connectivity index (χ0v) is 23.8. The minimum atomic E-state index is 0.189. The van der Waals surface area contributed by atoms with Gasteiger partial charge in [0, 0.05) is 49.7 Å². The predicted molar refractivity (Wildman–Crippen MR) is 162 cm³/mol. The van der Waals surface area contributed by atoms with Gasteiger partial charge in [-0.25, -0.2) is 4.68 Å².